The maximum Gasteiger partial charge on any atom is 0.125 e. The molecule has 0 saturated heterocycles. The standard InChI is InChI=1S/C15H15BrO2/c1-11-2-7-15(13(8-11)9-17)18-10-12-3-5-14(16)6-4-12/h2-8,17H,9-10H2,1H3. The first-order chi connectivity index (χ1) is 8.69. The molecule has 2 aromatic carbocycles. The average Bonchev–Trinajstić information content (AvgIpc) is 2.39. The molecule has 2 nitrogen and oxygen atoms in total. The Hall–Kier alpha value is -1.32. The summed E-state index contributed by atoms with van der Waals surface area (Å²) in [6, 6.07) is 13.8. The average molecular weight is 307 g/mol. The lowest BCUT2D eigenvalue weighted by Gasteiger charge is -2.11. The van der Waals surface area contributed by atoms with E-state index in [0.717, 1.165) is 26.9 Å². The molecule has 2 rings (SSSR count). The number of aliphatic hydroxyl groups is 1. The van der Waals surface area contributed by atoms with E-state index in [1.54, 1.807) is 0 Å². The van der Waals surface area contributed by atoms with Crippen molar-refractivity contribution in [2.45, 2.75) is 20.1 Å². The van der Waals surface area contributed by atoms with E-state index in [0.29, 0.717) is 6.61 Å². The van der Waals surface area contributed by atoms with E-state index in [-0.39, 0.29) is 6.61 Å². The van der Waals surface area contributed by atoms with Gasteiger partial charge < -0.3 is 9.84 Å². The molecule has 0 aromatic heterocycles. The molecular formula is C15H15BrO2. The van der Waals surface area contributed by atoms with Crippen molar-refractivity contribution in [2.24, 2.45) is 0 Å². The van der Waals surface area contributed by atoms with Gasteiger partial charge in [0.15, 0.2) is 0 Å². The third-order valence-corrected chi connectivity index (χ3v) is 3.22. The molecule has 0 heterocycles. The first kappa shape index (κ1) is 13.1. The van der Waals surface area contributed by atoms with Gasteiger partial charge in [0.2, 0.25) is 0 Å². The summed E-state index contributed by atoms with van der Waals surface area (Å²) in [5.41, 5.74) is 3.05. The molecule has 2 aromatic rings. The molecule has 0 unspecified atom stereocenters. The number of benzene rings is 2. The first-order valence-electron chi connectivity index (χ1n) is 5.76. The van der Waals surface area contributed by atoms with Gasteiger partial charge in [-0.3, -0.25) is 0 Å². The smallest absolute Gasteiger partial charge is 0.125 e. The third kappa shape index (κ3) is 3.34. The minimum Gasteiger partial charge on any atom is -0.489 e. The van der Waals surface area contributed by atoms with Crippen LogP contribution in [0.3, 0.4) is 0 Å². The largest absolute Gasteiger partial charge is 0.489 e. The molecule has 0 fully saturated rings. The van der Waals surface area contributed by atoms with Crippen molar-refractivity contribution in [3.05, 3.63) is 63.6 Å². The van der Waals surface area contributed by atoms with E-state index in [2.05, 4.69) is 15.9 Å². The van der Waals surface area contributed by atoms with Crippen molar-refractivity contribution < 1.29 is 9.84 Å². The Morgan fingerprint density at radius 1 is 1.11 bits per heavy atom. The molecule has 0 saturated carbocycles. The van der Waals surface area contributed by atoms with Crippen molar-refractivity contribution in [1.82, 2.24) is 0 Å². The van der Waals surface area contributed by atoms with Crippen LogP contribution < -0.4 is 4.74 Å². The molecular weight excluding hydrogens is 292 g/mol. The van der Waals surface area contributed by atoms with Crippen molar-refractivity contribution in [3.63, 3.8) is 0 Å². The topological polar surface area (TPSA) is 29.5 Å². The first-order valence-corrected chi connectivity index (χ1v) is 6.56. The van der Waals surface area contributed by atoms with Crippen LogP contribution in [-0.4, -0.2) is 5.11 Å². The monoisotopic (exact) mass is 306 g/mol. The van der Waals surface area contributed by atoms with Gasteiger partial charge in [0.05, 0.1) is 6.61 Å². The number of aryl methyl sites for hydroxylation is 1. The number of hydrogen-bond donors (Lipinski definition) is 1. The van der Waals surface area contributed by atoms with Gasteiger partial charge in [0.1, 0.15) is 12.4 Å². The number of halogens is 1. The second-order valence-electron chi connectivity index (χ2n) is 4.18. The predicted molar refractivity (Wildman–Crippen MR) is 75.6 cm³/mol. The lowest BCUT2D eigenvalue weighted by atomic mass is 10.1. The minimum atomic E-state index is -0.00263. The molecule has 0 atom stereocenters. The molecule has 0 aliphatic rings. The summed E-state index contributed by atoms with van der Waals surface area (Å²) in [6.45, 7) is 2.50. The van der Waals surface area contributed by atoms with Gasteiger partial charge in [-0.25, -0.2) is 0 Å². The lowest BCUT2D eigenvalue weighted by molar-refractivity contribution is 0.259. The maximum atomic E-state index is 9.29. The third-order valence-electron chi connectivity index (χ3n) is 2.69. The second kappa shape index (κ2) is 6.03. The zero-order valence-corrected chi connectivity index (χ0v) is 11.8. The quantitative estimate of drug-likeness (QED) is 0.930. The van der Waals surface area contributed by atoms with E-state index in [9.17, 15) is 5.11 Å². The Morgan fingerprint density at radius 2 is 1.83 bits per heavy atom. The molecule has 18 heavy (non-hydrogen) atoms. The Morgan fingerprint density at radius 3 is 2.50 bits per heavy atom. The molecule has 0 bridgehead atoms. The van der Waals surface area contributed by atoms with Crippen LogP contribution in [0.4, 0.5) is 0 Å². The molecule has 0 spiro atoms. The highest BCUT2D eigenvalue weighted by Gasteiger charge is 2.03. The van der Waals surface area contributed by atoms with Crippen molar-refractivity contribution in [2.75, 3.05) is 0 Å². The van der Waals surface area contributed by atoms with Crippen LogP contribution >= 0.6 is 15.9 Å². The summed E-state index contributed by atoms with van der Waals surface area (Å²) in [5, 5.41) is 9.29. The number of hydrogen-bond acceptors (Lipinski definition) is 2. The molecule has 0 aliphatic heterocycles. The summed E-state index contributed by atoms with van der Waals surface area (Å²) >= 11 is 3.40. The van der Waals surface area contributed by atoms with E-state index in [1.807, 2.05) is 49.4 Å². The lowest BCUT2D eigenvalue weighted by Crippen LogP contribution is -1.99. The number of ether oxygens (including phenoxy) is 1. The maximum absolute atomic E-state index is 9.29. The van der Waals surface area contributed by atoms with Crippen molar-refractivity contribution >= 4 is 15.9 Å². The number of aliphatic hydroxyl groups excluding tert-OH is 1. The number of rotatable bonds is 4. The fourth-order valence-corrected chi connectivity index (χ4v) is 1.98. The van der Waals surface area contributed by atoms with E-state index < -0.39 is 0 Å². The van der Waals surface area contributed by atoms with Crippen molar-refractivity contribution in [3.8, 4) is 5.75 Å². The molecule has 0 amide bonds. The fourth-order valence-electron chi connectivity index (χ4n) is 1.71. The highest BCUT2D eigenvalue weighted by Crippen LogP contribution is 2.21. The van der Waals surface area contributed by atoms with E-state index >= 15 is 0 Å². The van der Waals surface area contributed by atoms with Gasteiger partial charge in [-0.05, 0) is 30.7 Å². The van der Waals surface area contributed by atoms with Gasteiger partial charge in [0.25, 0.3) is 0 Å². The second-order valence-corrected chi connectivity index (χ2v) is 5.10. The van der Waals surface area contributed by atoms with Crippen LogP contribution in [0.2, 0.25) is 0 Å². The van der Waals surface area contributed by atoms with Gasteiger partial charge in [-0.15, -0.1) is 0 Å². The highest BCUT2D eigenvalue weighted by molar-refractivity contribution is 9.10. The molecule has 0 aliphatic carbocycles. The Balaban J connectivity index is 2.08. The predicted octanol–water partition coefficient (Wildman–Crippen LogP) is 3.83. The summed E-state index contributed by atoms with van der Waals surface area (Å²) < 4.78 is 6.79. The van der Waals surface area contributed by atoms with Crippen LogP contribution in [0.5, 0.6) is 5.75 Å². The van der Waals surface area contributed by atoms with Crippen LogP contribution in [-0.2, 0) is 13.2 Å². The highest BCUT2D eigenvalue weighted by atomic mass is 79.9. The van der Waals surface area contributed by atoms with Crippen LogP contribution in [0.15, 0.2) is 46.9 Å². The molecule has 3 heteroatoms. The van der Waals surface area contributed by atoms with Gasteiger partial charge >= 0.3 is 0 Å². The van der Waals surface area contributed by atoms with Gasteiger partial charge in [-0.2, -0.15) is 0 Å². The normalized spacial score (nSPS) is 10.4. The Bertz CT molecular complexity index is 521. The fraction of sp³-hybridized carbons (Fsp3) is 0.200. The molecule has 1 N–H and O–H groups in total. The zero-order chi connectivity index (χ0) is 13.0. The Labute approximate surface area is 115 Å². The van der Waals surface area contributed by atoms with E-state index in [4.69, 9.17) is 4.74 Å². The van der Waals surface area contributed by atoms with Crippen LogP contribution in [0, 0.1) is 6.92 Å². The minimum absolute atomic E-state index is 0.00263. The van der Waals surface area contributed by atoms with Crippen LogP contribution in [0.1, 0.15) is 16.7 Å². The SMILES string of the molecule is Cc1ccc(OCc2ccc(Br)cc2)c(CO)c1. The van der Waals surface area contributed by atoms with Gasteiger partial charge in [-0.1, -0.05) is 45.8 Å². The summed E-state index contributed by atoms with van der Waals surface area (Å²) in [7, 11) is 0. The summed E-state index contributed by atoms with van der Waals surface area (Å²) in [6.07, 6.45) is 0. The zero-order valence-electron chi connectivity index (χ0n) is 10.2. The molecule has 94 valence electrons. The van der Waals surface area contributed by atoms with E-state index in [1.165, 1.54) is 0 Å². The van der Waals surface area contributed by atoms with Crippen molar-refractivity contribution in [1.29, 1.82) is 0 Å². The molecule has 0 radical (unpaired) electrons. The van der Waals surface area contributed by atoms with Gasteiger partial charge in [0, 0.05) is 10.0 Å². The van der Waals surface area contributed by atoms with Crippen LogP contribution in [0.25, 0.3) is 0 Å². The Kier molecular flexibility index (Phi) is 4.39. The summed E-state index contributed by atoms with van der Waals surface area (Å²) in [5.74, 6) is 0.742. The summed E-state index contributed by atoms with van der Waals surface area (Å²) in [4.78, 5) is 0.